The number of nitrogens with zero attached hydrogens (tertiary/aromatic N) is 1. The van der Waals surface area contributed by atoms with Gasteiger partial charge in [0, 0.05) is 13.6 Å². The first kappa shape index (κ1) is 15.9. The van der Waals surface area contributed by atoms with Gasteiger partial charge in [0.1, 0.15) is 5.82 Å². The quantitative estimate of drug-likeness (QED) is 0.869. The van der Waals surface area contributed by atoms with Crippen molar-refractivity contribution in [2.75, 3.05) is 19.3 Å². The Balaban J connectivity index is 3.21. The monoisotopic (exact) mass is 288 g/mol. The first-order chi connectivity index (χ1) is 8.45. The lowest BCUT2D eigenvalue weighted by Crippen LogP contribution is -2.34. The Kier molecular flexibility index (Phi) is 4.27. The molecule has 2 N–H and O–H groups in total. The largest absolute Gasteiger partial charge is 0.396 e. The van der Waals surface area contributed by atoms with Crippen molar-refractivity contribution >= 4 is 15.7 Å². The number of aryl methyl sites for hydroxylation is 1. The molecule has 0 aromatic heterocycles. The number of hydrogen-bond acceptors (Lipinski definition) is 3. The normalized spacial score (nSPS) is 13.0. The van der Waals surface area contributed by atoms with E-state index in [-0.39, 0.29) is 21.6 Å². The van der Waals surface area contributed by atoms with Crippen molar-refractivity contribution < 1.29 is 12.8 Å². The van der Waals surface area contributed by atoms with Gasteiger partial charge in [0.15, 0.2) is 0 Å². The van der Waals surface area contributed by atoms with Crippen molar-refractivity contribution in [3.05, 3.63) is 23.5 Å². The van der Waals surface area contributed by atoms with E-state index in [0.717, 1.165) is 6.07 Å². The van der Waals surface area contributed by atoms with Gasteiger partial charge in [0.25, 0.3) is 0 Å². The summed E-state index contributed by atoms with van der Waals surface area (Å²) in [4.78, 5) is 0.0238. The fourth-order valence-corrected chi connectivity index (χ4v) is 3.36. The molecule has 108 valence electrons. The van der Waals surface area contributed by atoms with Crippen molar-refractivity contribution in [3.8, 4) is 0 Å². The first-order valence-electron chi connectivity index (χ1n) is 5.97. The van der Waals surface area contributed by atoms with E-state index < -0.39 is 15.8 Å². The van der Waals surface area contributed by atoms with Gasteiger partial charge in [-0.1, -0.05) is 20.8 Å². The number of sulfonamides is 1. The summed E-state index contributed by atoms with van der Waals surface area (Å²) in [5, 5.41) is 0. The molecular formula is C13H21FN2O2S. The summed E-state index contributed by atoms with van der Waals surface area (Å²) < 4.78 is 39.4. The van der Waals surface area contributed by atoms with E-state index >= 15 is 0 Å². The number of hydrogen-bond donors (Lipinski definition) is 1. The maximum atomic E-state index is 13.4. The maximum Gasteiger partial charge on any atom is 0.242 e. The van der Waals surface area contributed by atoms with Crippen LogP contribution in [0.2, 0.25) is 0 Å². The third-order valence-electron chi connectivity index (χ3n) is 2.66. The number of benzene rings is 1. The van der Waals surface area contributed by atoms with Crippen molar-refractivity contribution in [3.63, 3.8) is 0 Å². The van der Waals surface area contributed by atoms with E-state index in [0.29, 0.717) is 6.54 Å². The number of anilines is 1. The van der Waals surface area contributed by atoms with Gasteiger partial charge in [-0.2, -0.15) is 0 Å². The number of halogens is 1. The highest BCUT2D eigenvalue weighted by Crippen LogP contribution is 2.25. The van der Waals surface area contributed by atoms with Crippen LogP contribution in [0, 0.1) is 18.2 Å². The van der Waals surface area contributed by atoms with Crippen LogP contribution in [0.25, 0.3) is 0 Å². The van der Waals surface area contributed by atoms with Crippen LogP contribution in [0.1, 0.15) is 26.3 Å². The van der Waals surface area contributed by atoms with Gasteiger partial charge in [-0.15, -0.1) is 0 Å². The van der Waals surface area contributed by atoms with E-state index in [1.54, 1.807) is 0 Å². The molecule has 4 nitrogen and oxygen atoms in total. The Labute approximate surface area is 114 Å². The van der Waals surface area contributed by atoms with Crippen molar-refractivity contribution in [2.24, 2.45) is 5.41 Å². The molecule has 0 saturated carbocycles. The molecule has 0 atom stereocenters. The zero-order chi connectivity index (χ0) is 15.0. The van der Waals surface area contributed by atoms with Crippen LogP contribution >= 0.6 is 0 Å². The van der Waals surface area contributed by atoms with Gasteiger partial charge < -0.3 is 5.73 Å². The lowest BCUT2D eigenvalue weighted by molar-refractivity contribution is 0.311. The van der Waals surface area contributed by atoms with Crippen molar-refractivity contribution in [2.45, 2.75) is 32.6 Å². The Morgan fingerprint density at radius 2 is 1.84 bits per heavy atom. The molecule has 1 aromatic carbocycles. The maximum absolute atomic E-state index is 13.4. The summed E-state index contributed by atoms with van der Waals surface area (Å²) in [7, 11) is -2.14. The molecule has 0 bridgehead atoms. The molecule has 0 unspecified atom stereocenters. The van der Waals surface area contributed by atoms with Crippen LogP contribution in [0.15, 0.2) is 17.0 Å². The third-order valence-corrected chi connectivity index (χ3v) is 4.44. The molecule has 0 radical (unpaired) electrons. The van der Waals surface area contributed by atoms with Gasteiger partial charge >= 0.3 is 0 Å². The molecule has 0 amide bonds. The molecule has 1 rings (SSSR count). The number of nitrogen functional groups attached to an aromatic ring is 1. The summed E-state index contributed by atoms with van der Waals surface area (Å²) in [6.07, 6.45) is 0. The van der Waals surface area contributed by atoms with E-state index in [1.807, 2.05) is 20.8 Å². The van der Waals surface area contributed by atoms with E-state index in [9.17, 15) is 12.8 Å². The highest BCUT2D eigenvalue weighted by Gasteiger charge is 2.26. The highest BCUT2D eigenvalue weighted by molar-refractivity contribution is 7.89. The standard InChI is InChI=1S/C13H21FN2O2S/c1-9-6-10(7-11(15)12(9)14)19(17,18)16(5)8-13(2,3)4/h6-7H,8,15H2,1-5H3. The van der Waals surface area contributed by atoms with Crippen LogP contribution in [0.5, 0.6) is 0 Å². The number of rotatable bonds is 3. The van der Waals surface area contributed by atoms with Gasteiger partial charge in [-0.05, 0) is 30.0 Å². The molecule has 0 heterocycles. The fourth-order valence-electron chi connectivity index (χ4n) is 1.84. The molecule has 19 heavy (non-hydrogen) atoms. The SMILES string of the molecule is Cc1cc(S(=O)(=O)N(C)CC(C)(C)C)cc(N)c1F. The lowest BCUT2D eigenvalue weighted by atomic mass is 9.97. The summed E-state index contributed by atoms with van der Waals surface area (Å²) in [6.45, 7) is 7.70. The van der Waals surface area contributed by atoms with E-state index in [4.69, 9.17) is 5.73 Å². The fraction of sp³-hybridized carbons (Fsp3) is 0.538. The van der Waals surface area contributed by atoms with Gasteiger partial charge in [0.2, 0.25) is 10.0 Å². The third kappa shape index (κ3) is 3.67. The summed E-state index contributed by atoms with van der Waals surface area (Å²) >= 11 is 0. The summed E-state index contributed by atoms with van der Waals surface area (Å²) in [6, 6.07) is 2.47. The smallest absolute Gasteiger partial charge is 0.242 e. The van der Waals surface area contributed by atoms with Crippen molar-refractivity contribution in [1.82, 2.24) is 4.31 Å². The Bertz CT molecular complexity index is 554. The zero-order valence-electron chi connectivity index (χ0n) is 12.0. The average molecular weight is 288 g/mol. The van der Waals surface area contributed by atoms with Gasteiger partial charge in [-0.3, -0.25) is 0 Å². The average Bonchev–Trinajstić information content (AvgIpc) is 2.22. The second-order valence-corrected chi connectivity index (χ2v) is 8.01. The Morgan fingerprint density at radius 1 is 1.32 bits per heavy atom. The second-order valence-electron chi connectivity index (χ2n) is 5.97. The molecular weight excluding hydrogens is 267 g/mol. The zero-order valence-corrected chi connectivity index (χ0v) is 12.8. The van der Waals surface area contributed by atoms with Crippen molar-refractivity contribution in [1.29, 1.82) is 0 Å². The Hall–Kier alpha value is -1.14. The van der Waals surface area contributed by atoms with Crippen LogP contribution in [-0.4, -0.2) is 26.3 Å². The van der Waals surface area contributed by atoms with Crippen LogP contribution in [0.3, 0.4) is 0 Å². The van der Waals surface area contributed by atoms with E-state index in [1.165, 1.54) is 24.3 Å². The Morgan fingerprint density at radius 3 is 2.26 bits per heavy atom. The molecule has 0 aliphatic carbocycles. The molecule has 0 spiro atoms. The number of nitrogens with two attached hydrogens (primary N) is 1. The minimum atomic E-state index is -3.65. The molecule has 0 fully saturated rings. The topological polar surface area (TPSA) is 63.4 Å². The highest BCUT2D eigenvalue weighted by atomic mass is 32.2. The second kappa shape index (κ2) is 5.09. The lowest BCUT2D eigenvalue weighted by Gasteiger charge is -2.26. The van der Waals surface area contributed by atoms with Crippen LogP contribution in [0.4, 0.5) is 10.1 Å². The van der Waals surface area contributed by atoms with Gasteiger partial charge in [0.05, 0.1) is 10.6 Å². The molecule has 0 saturated heterocycles. The minimum Gasteiger partial charge on any atom is -0.396 e. The minimum absolute atomic E-state index is 0.0238. The molecule has 0 aliphatic heterocycles. The molecule has 6 heteroatoms. The molecule has 1 aromatic rings. The predicted octanol–water partition coefficient (Wildman–Crippen LogP) is 2.38. The van der Waals surface area contributed by atoms with E-state index in [2.05, 4.69) is 0 Å². The summed E-state index contributed by atoms with van der Waals surface area (Å²) in [5.41, 5.74) is 5.40. The summed E-state index contributed by atoms with van der Waals surface area (Å²) in [5.74, 6) is -0.572. The first-order valence-corrected chi connectivity index (χ1v) is 7.41. The van der Waals surface area contributed by atoms with Gasteiger partial charge in [-0.25, -0.2) is 17.1 Å². The molecule has 0 aliphatic rings. The van der Waals surface area contributed by atoms with Crippen LogP contribution < -0.4 is 5.73 Å². The predicted molar refractivity (Wildman–Crippen MR) is 74.8 cm³/mol. The van der Waals surface area contributed by atoms with Crippen LogP contribution in [-0.2, 0) is 10.0 Å².